The number of hydrogen-bond donors (Lipinski definition) is 2. The molecule has 2 N–H and O–H groups in total. The average molecular weight is 974 g/mol. The topological polar surface area (TPSA) is 73.9 Å². The number of carbonyl (C=O) groups is 1. The number of esters is 1. The molecule has 0 aromatic heterocycles. The maximum atomic E-state index is 13.3. The van der Waals surface area contributed by atoms with E-state index in [-0.39, 0.29) is 12.1 Å². The zero-order valence-corrected chi connectivity index (χ0v) is 47.1. The number of aliphatic hydroxyl groups is 1. The van der Waals surface area contributed by atoms with Gasteiger partial charge < -0.3 is 14.3 Å². The number of aliphatic hydroxyl groups excluding tert-OH is 1. The van der Waals surface area contributed by atoms with Crippen LogP contribution in [-0.2, 0) is 9.53 Å². The summed E-state index contributed by atoms with van der Waals surface area (Å²) in [5.74, 6) is 3.32. The first-order chi connectivity index (χ1) is 33.8. The summed E-state index contributed by atoms with van der Waals surface area (Å²) in [6, 6.07) is 0.513. The fourth-order valence-electron chi connectivity index (χ4n) is 12.8. The Morgan fingerprint density at radius 2 is 1.50 bits per heavy atom. The number of quaternary nitrogens is 1. The molecular weight excluding hydrogens is 861 g/mol. The number of nitrogens with zero attached hydrogens (tertiary/aromatic N) is 3. The highest BCUT2D eigenvalue weighted by Gasteiger charge is 2.50. The van der Waals surface area contributed by atoms with E-state index in [9.17, 15) is 9.90 Å². The maximum absolute atomic E-state index is 13.3. The standard InChI is InChI=1S/C63H112N4O3/c1-10-11-12-13-14-15-16-17-18-19-20-21-22-24-31-61(68)65-42-26-28-47-67(52(4)5,48-45-66-44-43-64-50-66)46-27-23-25-32-62(69)70-58-38-35-54(7)57(49-58)37-36-56-30-29-41-63(9)59(39-40-60(56)63)55(8)34-33-53(6)51(2)3/h33-34,36-37,43,50-53,55,58-61,65,68H,7,10-32,35,38-42,44-49H2,1-6,8-9H3/q+2/b34-33+,56-36+,57-37-. The van der Waals surface area contributed by atoms with Gasteiger partial charge in [-0.05, 0) is 151 Å². The van der Waals surface area contributed by atoms with E-state index in [0.29, 0.717) is 41.5 Å². The van der Waals surface area contributed by atoms with Crippen LogP contribution in [0.25, 0.3) is 0 Å². The van der Waals surface area contributed by atoms with Crippen molar-refractivity contribution in [2.45, 2.75) is 260 Å². The predicted molar refractivity (Wildman–Crippen MR) is 301 cm³/mol. The number of ether oxygens (including phenoxy) is 1. The van der Waals surface area contributed by atoms with Gasteiger partial charge in [-0.2, -0.15) is 0 Å². The quantitative estimate of drug-likeness (QED) is 0.0162. The molecule has 3 fully saturated rings. The number of rotatable bonds is 37. The van der Waals surface area contributed by atoms with Crippen LogP contribution in [0.15, 0.2) is 52.6 Å². The van der Waals surface area contributed by atoms with Gasteiger partial charge in [-0.15, -0.1) is 0 Å². The number of nitrogens with one attached hydrogen (secondary N) is 1. The molecule has 4 aliphatic rings. The average Bonchev–Trinajstić information content (AvgIpc) is 4.00. The maximum Gasteiger partial charge on any atom is 0.306 e. The summed E-state index contributed by atoms with van der Waals surface area (Å²) >= 11 is 0. The Morgan fingerprint density at radius 1 is 0.843 bits per heavy atom. The third-order valence-electron chi connectivity index (χ3n) is 18.2. The predicted octanol–water partition coefficient (Wildman–Crippen LogP) is 15.7. The number of hydrogen-bond acceptors (Lipinski definition) is 5. The summed E-state index contributed by atoms with van der Waals surface area (Å²) in [4.78, 5) is 17.7. The normalized spacial score (nSPS) is 25.0. The van der Waals surface area contributed by atoms with Gasteiger partial charge in [0.05, 0.1) is 19.1 Å². The van der Waals surface area contributed by atoms with Gasteiger partial charge in [0.1, 0.15) is 32.0 Å². The van der Waals surface area contributed by atoms with Gasteiger partial charge in [0.2, 0.25) is 0 Å². The number of fused-ring (bicyclic) bond motifs is 1. The first kappa shape index (κ1) is 60.2. The van der Waals surface area contributed by atoms with Gasteiger partial charge in [-0.3, -0.25) is 14.7 Å². The molecule has 0 saturated heterocycles. The van der Waals surface area contributed by atoms with Crippen LogP contribution in [0.1, 0.15) is 242 Å². The largest absolute Gasteiger partial charge is 0.462 e. The molecule has 0 aromatic rings. The summed E-state index contributed by atoms with van der Waals surface area (Å²) in [7, 11) is 0. The molecule has 4 rings (SSSR count). The highest BCUT2D eigenvalue weighted by atomic mass is 16.5. The van der Waals surface area contributed by atoms with Crippen LogP contribution in [-0.4, -0.2) is 90.3 Å². The van der Waals surface area contributed by atoms with Crippen LogP contribution in [0.3, 0.4) is 0 Å². The van der Waals surface area contributed by atoms with Gasteiger partial charge in [0.25, 0.3) is 6.34 Å². The summed E-state index contributed by atoms with van der Waals surface area (Å²) < 4.78 is 9.61. The van der Waals surface area contributed by atoms with Crippen molar-refractivity contribution in [3.05, 3.63) is 47.6 Å². The third kappa shape index (κ3) is 21.2. The summed E-state index contributed by atoms with van der Waals surface area (Å²) in [6.45, 7) is 29.8. The van der Waals surface area contributed by atoms with E-state index in [1.54, 1.807) is 5.57 Å². The van der Waals surface area contributed by atoms with E-state index in [2.05, 4.69) is 101 Å². The van der Waals surface area contributed by atoms with E-state index in [4.69, 9.17) is 4.74 Å². The monoisotopic (exact) mass is 973 g/mol. The Labute approximate surface area is 432 Å². The molecule has 70 heavy (non-hydrogen) atoms. The van der Waals surface area contributed by atoms with Crippen LogP contribution in [0, 0.1) is 35.0 Å². The molecule has 7 nitrogen and oxygen atoms in total. The molecule has 3 saturated carbocycles. The lowest BCUT2D eigenvalue weighted by Gasteiger charge is -2.44. The van der Waals surface area contributed by atoms with E-state index in [0.717, 1.165) is 114 Å². The molecular formula is C63H112N4O3+2. The summed E-state index contributed by atoms with van der Waals surface area (Å²) in [5, 5.41) is 14.1. The third-order valence-corrected chi connectivity index (χ3v) is 18.2. The lowest BCUT2D eigenvalue weighted by atomic mass is 9.61. The minimum Gasteiger partial charge on any atom is -0.462 e. The molecule has 7 heteroatoms. The zero-order valence-electron chi connectivity index (χ0n) is 47.1. The van der Waals surface area contributed by atoms with Crippen LogP contribution in [0.5, 0.6) is 0 Å². The van der Waals surface area contributed by atoms with E-state index in [1.165, 1.54) is 127 Å². The van der Waals surface area contributed by atoms with Crippen LogP contribution in [0.2, 0.25) is 0 Å². The molecule has 0 aromatic carbocycles. The van der Waals surface area contributed by atoms with Crippen LogP contribution in [0.4, 0.5) is 0 Å². The van der Waals surface area contributed by atoms with Gasteiger partial charge in [-0.25, -0.2) is 0 Å². The molecule has 0 spiro atoms. The Bertz CT molecular complexity index is 1640. The molecule has 1 aliphatic heterocycles. The van der Waals surface area contributed by atoms with Gasteiger partial charge in [-0.1, -0.05) is 172 Å². The molecule has 0 radical (unpaired) electrons. The van der Waals surface area contributed by atoms with Crippen molar-refractivity contribution < 1.29 is 23.7 Å². The van der Waals surface area contributed by atoms with Gasteiger partial charge >= 0.3 is 5.97 Å². The molecule has 3 aliphatic carbocycles. The molecule has 0 amide bonds. The molecule has 8 atom stereocenters. The SMILES string of the molecule is C=C1CCC(OC(=O)CCCCC[N+](CCCCNC(O)CCCCCCCCCCCCCCCC)(CC[N+]2=CN=CC2)C(C)C)C/C1=C/C=C1\CCCC2(C)C1CCC2C(C)/C=C/C(C)C(C)C. The second kappa shape index (κ2) is 33.5. The zero-order chi connectivity index (χ0) is 50.6. The van der Waals surface area contributed by atoms with Gasteiger partial charge in [0.15, 0.2) is 6.21 Å². The molecule has 1 heterocycles. The van der Waals surface area contributed by atoms with Crippen LogP contribution >= 0.6 is 0 Å². The second-order valence-electron chi connectivity index (χ2n) is 24.1. The second-order valence-corrected chi connectivity index (χ2v) is 24.1. The van der Waals surface area contributed by atoms with Crippen molar-refractivity contribution in [2.75, 3.05) is 39.3 Å². The number of aliphatic imine (C=N–C) groups is 1. The molecule has 8 unspecified atom stereocenters. The Balaban J connectivity index is 1.14. The lowest BCUT2D eigenvalue weighted by Crippen LogP contribution is -2.56. The van der Waals surface area contributed by atoms with Crippen molar-refractivity contribution in [3.63, 3.8) is 0 Å². The summed E-state index contributed by atoms with van der Waals surface area (Å²) in [6.07, 6.45) is 48.1. The van der Waals surface area contributed by atoms with Gasteiger partial charge in [0, 0.05) is 12.8 Å². The Morgan fingerprint density at radius 3 is 2.14 bits per heavy atom. The minimum absolute atomic E-state index is 0.0329. The first-order valence-corrected chi connectivity index (χ1v) is 30.1. The van der Waals surface area contributed by atoms with E-state index in [1.807, 2.05) is 12.6 Å². The molecule has 400 valence electrons. The number of carbonyl (C=O) groups excluding carboxylic acids is 1. The summed E-state index contributed by atoms with van der Waals surface area (Å²) in [5.41, 5.74) is 4.52. The van der Waals surface area contributed by atoms with E-state index >= 15 is 0 Å². The van der Waals surface area contributed by atoms with Crippen molar-refractivity contribution in [1.82, 2.24) is 5.32 Å². The molecule has 0 bridgehead atoms. The highest BCUT2D eigenvalue weighted by molar-refractivity contribution is 5.74. The van der Waals surface area contributed by atoms with Crippen molar-refractivity contribution >= 4 is 18.5 Å². The Kier molecular flexibility index (Phi) is 28.8. The van der Waals surface area contributed by atoms with Crippen molar-refractivity contribution in [2.24, 2.45) is 40.0 Å². The Hall–Kier alpha value is -2.35. The number of unbranched alkanes of at least 4 members (excludes halogenated alkanes) is 16. The van der Waals surface area contributed by atoms with Crippen molar-refractivity contribution in [1.29, 1.82) is 0 Å². The van der Waals surface area contributed by atoms with Crippen molar-refractivity contribution in [3.8, 4) is 0 Å². The van der Waals surface area contributed by atoms with E-state index < -0.39 is 6.23 Å². The fraction of sp³-hybridized carbons (Fsp3) is 0.825. The smallest absolute Gasteiger partial charge is 0.306 e. The number of allylic oxidation sites excluding steroid dienone is 6. The minimum atomic E-state index is -0.392. The fourth-order valence-corrected chi connectivity index (χ4v) is 12.8. The first-order valence-electron chi connectivity index (χ1n) is 30.1. The lowest BCUT2D eigenvalue weighted by molar-refractivity contribution is -0.953. The highest BCUT2D eigenvalue weighted by Crippen LogP contribution is 2.59. The van der Waals surface area contributed by atoms with Crippen LogP contribution < -0.4 is 5.32 Å².